The van der Waals surface area contributed by atoms with Gasteiger partial charge in [-0.2, -0.15) is 9.50 Å². The topological polar surface area (TPSA) is 105 Å². The molecule has 0 amide bonds. The molecular formula is C19H23N5O3. The Morgan fingerprint density at radius 2 is 1.85 bits per heavy atom. The number of ether oxygens (including phenoxy) is 2. The Labute approximate surface area is 157 Å². The van der Waals surface area contributed by atoms with E-state index in [4.69, 9.17) is 15.2 Å². The van der Waals surface area contributed by atoms with Crippen LogP contribution in [0, 0.1) is 20.8 Å². The SMILES string of the molecule is Cc1ccc(OCCOC(=O)CCc2c(C)nc3nc(N)nn3c2C)cc1. The molecule has 0 aliphatic rings. The van der Waals surface area contributed by atoms with Gasteiger partial charge in [0.1, 0.15) is 19.0 Å². The fraction of sp³-hybridized carbons (Fsp3) is 0.368. The van der Waals surface area contributed by atoms with Gasteiger partial charge in [-0.05, 0) is 44.9 Å². The van der Waals surface area contributed by atoms with Crippen molar-refractivity contribution in [2.45, 2.75) is 33.6 Å². The number of carbonyl (C=O) groups excluding carboxylic acids is 1. The molecule has 0 unspecified atom stereocenters. The summed E-state index contributed by atoms with van der Waals surface area (Å²) in [6.07, 6.45) is 0.765. The minimum atomic E-state index is -0.278. The van der Waals surface area contributed by atoms with Crippen molar-refractivity contribution < 1.29 is 14.3 Å². The molecule has 0 aliphatic heterocycles. The first-order valence-corrected chi connectivity index (χ1v) is 8.77. The predicted molar refractivity (Wildman–Crippen MR) is 101 cm³/mol. The Morgan fingerprint density at radius 1 is 1.11 bits per heavy atom. The van der Waals surface area contributed by atoms with Crippen LogP contribution in [0.3, 0.4) is 0 Å². The van der Waals surface area contributed by atoms with Crippen molar-refractivity contribution in [3.8, 4) is 5.75 Å². The molecule has 0 saturated heterocycles. The van der Waals surface area contributed by atoms with Crippen LogP contribution < -0.4 is 10.5 Å². The van der Waals surface area contributed by atoms with E-state index in [-0.39, 0.29) is 24.9 Å². The first-order chi connectivity index (χ1) is 12.9. The number of nitrogens with zero attached hydrogens (tertiary/aromatic N) is 4. The lowest BCUT2D eigenvalue weighted by Crippen LogP contribution is -2.14. The van der Waals surface area contributed by atoms with Crippen molar-refractivity contribution >= 4 is 17.7 Å². The molecule has 0 atom stereocenters. The number of carbonyl (C=O) groups is 1. The van der Waals surface area contributed by atoms with Crippen LogP contribution in [0.4, 0.5) is 5.95 Å². The highest BCUT2D eigenvalue weighted by atomic mass is 16.6. The molecule has 0 radical (unpaired) electrons. The molecule has 0 fully saturated rings. The van der Waals surface area contributed by atoms with Crippen LogP contribution >= 0.6 is 0 Å². The number of rotatable bonds is 7. The van der Waals surface area contributed by atoms with Crippen LogP contribution in [0.15, 0.2) is 24.3 Å². The Balaban J connectivity index is 1.49. The maximum Gasteiger partial charge on any atom is 0.306 e. The van der Waals surface area contributed by atoms with E-state index >= 15 is 0 Å². The van der Waals surface area contributed by atoms with E-state index in [1.165, 1.54) is 5.56 Å². The van der Waals surface area contributed by atoms with Gasteiger partial charge in [0.2, 0.25) is 5.95 Å². The number of aryl methyl sites for hydroxylation is 3. The van der Waals surface area contributed by atoms with Crippen molar-refractivity contribution in [2.75, 3.05) is 18.9 Å². The molecule has 2 N–H and O–H groups in total. The summed E-state index contributed by atoms with van der Waals surface area (Å²) in [6, 6.07) is 7.73. The Bertz CT molecular complexity index is 950. The quantitative estimate of drug-likeness (QED) is 0.503. The first-order valence-electron chi connectivity index (χ1n) is 8.77. The maximum atomic E-state index is 12.0. The number of benzene rings is 1. The Kier molecular flexibility index (Phi) is 5.54. The number of hydrogen-bond acceptors (Lipinski definition) is 7. The lowest BCUT2D eigenvalue weighted by Gasteiger charge is -2.10. The van der Waals surface area contributed by atoms with Crippen LogP contribution in [0.1, 0.15) is 28.9 Å². The van der Waals surface area contributed by atoms with Crippen molar-refractivity contribution in [3.05, 3.63) is 46.8 Å². The molecule has 142 valence electrons. The van der Waals surface area contributed by atoms with E-state index in [2.05, 4.69) is 15.1 Å². The van der Waals surface area contributed by atoms with Gasteiger partial charge in [0.05, 0.1) is 0 Å². The maximum absolute atomic E-state index is 12.0. The minimum Gasteiger partial charge on any atom is -0.490 e. The third-order valence-corrected chi connectivity index (χ3v) is 4.28. The van der Waals surface area contributed by atoms with Crippen molar-refractivity contribution in [2.24, 2.45) is 0 Å². The summed E-state index contributed by atoms with van der Waals surface area (Å²) in [4.78, 5) is 20.5. The van der Waals surface area contributed by atoms with Gasteiger partial charge in [0.15, 0.2) is 0 Å². The van der Waals surface area contributed by atoms with Gasteiger partial charge < -0.3 is 15.2 Å². The molecule has 0 aliphatic carbocycles. The zero-order chi connectivity index (χ0) is 19.4. The number of nitrogens with two attached hydrogens (primary N) is 1. The molecule has 8 heteroatoms. The zero-order valence-electron chi connectivity index (χ0n) is 15.7. The molecule has 0 bridgehead atoms. The van der Waals surface area contributed by atoms with Gasteiger partial charge in [0, 0.05) is 17.8 Å². The number of fused-ring (bicyclic) bond motifs is 1. The fourth-order valence-corrected chi connectivity index (χ4v) is 2.83. The van der Waals surface area contributed by atoms with E-state index in [1.54, 1.807) is 4.52 Å². The van der Waals surface area contributed by atoms with Gasteiger partial charge in [-0.25, -0.2) is 4.98 Å². The van der Waals surface area contributed by atoms with Crippen LogP contribution in [0.25, 0.3) is 5.78 Å². The third-order valence-electron chi connectivity index (χ3n) is 4.28. The smallest absolute Gasteiger partial charge is 0.306 e. The largest absolute Gasteiger partial charge is 0.490 e. The average Bonchev–Trinajstić information content (AvgIpc) is 3.00. The van der Waals surface area contributed by atoms with E-state index < -0.39 is 0 Å². The summed E-state index contributed by atoms with van der Waals surface area (Å²) in [6.45, 7) is 6.33. The second kappa shape index (κ2) is 8.03. The second-order valence-corrected chi connectivity index (χ2v) is 6.32. The third kappa shape index (κ3) is 4.52. The van der Waals surface area contributed by atoms with Gasteiger partial charge in [-0.15, -0.1) is 5.10 Å². The van der Waals surface area contributed by atoms with Crippen molar-refractivity contribution in [1.82, 2.24) is 19.6 Å². The van der Waals surface area contributed by atoms with E-state index in [1.807, 2.05) is 45.0 Å². The molecule has 8 nitrogen and oxygen atoms in total. The summed E-state index contributed by atoms with van der Waals surface area (Å²) >= 11 is 0. The van der Waals surface area contributed by atoms with Crippen LogP contribution in [-0.2, 0) is 16.0 Å². The van der Waals surface area contributed by atoms with Gasteiger partial charge in [0.25, 0.3) is 5.78 Å². The fourth-order valence-electron chi connectivity index (χ4n) is 2.83. The normalized spacial score (nSPS) is 10.9. The number of esters is 1. The zero-order valence-corrected chi connectivity index (χ0v) is 15.7. The van der Waals surface area contributed by atoms with Crippen LogP contribution in [0.2, 0.25) is 0 Å². The van der Waals surface area contributed by atoms with Crippen molar-refractivity contribution in [3.63, 3.8) is 0 Å². The summed E-state index contributed by atoms with van der Waals surface area (Å²) in [5.74, 6) is 1.12. The number of nitrogen functional groups attached to an aromatic ring is 1. The summed E-state index contributed by atoms with van der Waals surface area (Å²) in [5, 5.41) is 4.12. The molecule has 27 heavy (non-hydrogen) atoms. The van der Waals surface area contributed by atoms with E-state index in [9.17, 15) is 4.79 Å². The van der Waals surface area contributed by atoms with E-state index in [0.717, 1.165) is 22.7 Å². The highest BCUT2D eigenvalue weighted by Crippen LogP contribution is 2.16. The van der Waals surface area contributed by atoms with Gasteiger partial charge in [-0.1, -0.05) is 17.7 Å². The summed E-state index contributed by atoms with van der Waals surface area (Å²) in [7, 11) is 0. The molecule has 3 aromatic rings. The number of anilines is 1. The molecule has 0 spiro atoms. The average molecular weight is 369 g/mol. The molecule has 2 aromatic heterocycles. The summed E-state index contributed by atoms with van der Waals surface area (Å²) in [5.41, 5.74) is 9.42. The Morgan fingerprint density at radius 3 is 2.59 bits per heavy atom. The minimum absolute atomic E-state index is 0.176. The highest BCUT2D eigenvalue weighted by Gasteiger charge is 2.14. The molecular weight excluding hydrogens is 346 g/mol. The molecule has 3 rings (SSSR count). The molecule has 2 heterocycles. The second-order valence-electron chi connectivity index (χ2n) is 6.32. The van der Waals surface area contributed by atoms with Gasteiger partial charge in [-0.3, -0.25) is 4.79 Å². The van der Waals surface area contributed by atoms with Crippen molar-refractivity contribution in [1.29, 1.82) is 0 Å². The number of hydrogen-bond donors (Lipinski definition) is 1. The van der Waals surface area contributed by atoms with Crippen LogP contribution in [-0.4, -0.2) is 38.8 Å². The lowest BCUT2D eigenvalue weighted by molar-refractivity contribution is -0.144. The highest BCUT2D eigenvalue weighted by molar-refractivity contribution is 5.69. The molecule has 1 aromatic carbocycles. The number of aromatic nitrogens is 4. The van der Waals surface area contributed by atoms with Crippen LogP contribution in [0.5, 0.6) is 5.75 Å². The monoisotopic (exact) mass is 369 g/mol. The first kappa shape index (κ1) is 18.6. The predicted octanol–water partition coefficient (Wildman–Crippen LogP) is 2.19. The molecule has 0 saturated carbocycles. The summed E-state index contributed by atoms with van der Waals surface area (Å²) < 4.78 is 12.4. The Hall–Kier alpha value is -3.16. The standard InChI is InChI=1S/C19H23N5O3/c1-12-4-6-15(7-5-12)26-10-11-27-17(25)9-8-16-13(2)21-19-22-18(20)23-24(19)14(16)3/h4-7H,8-11H2,1-3H3,(H2,20,23). The van der Waals surface area contributed by atoms with Gasteiger partial charge >= 0.3 is 5.97 Å². The van der Waals surface area contributed by atoms with E-state index in [0.29, 0.717) is 18.8 Å². The lowest BCUT2D eigenvalue weighted by atomic mass is 10.1.